The zero-order chi connectivity index (χ0) is 24.1. The SMILES string of the molecule is COCCN(C)c1nc(NC2COC2)cc(C(=O)NCC(O)[C@@H]2Cc3ccc(O)cc3CN2)n1. The summed E-state index contributed by atoms with van der Waals surface area (Å²) in [4.78, 5) is 23.7. The maximum Gasteiger partial charge on any atom is 0.270 e. The number of fused-ring (bicyclic) bond motifs is 1. The number of hydrogen-bond acceptors (Lipinski definition) is 10. The summed E-state index contributed by atoms with van der Waals surface area (Å²) in [6.07, 6.45) is -0.187. The van der Waals surface area contributed by atoms with E-state index in [-0.39, 0.29) is 30.1 Å². The number of aromatic nitrogens is 2. The molecule has 11 heteroatoms. The van der Waals surface area contributed by atoms with Crippen LogP contribution in [0, 0.1) is 0 Å². The van der Waals surface area contributed by atoms with Crippen molar-refractivity contribution in [1.29, 1.82) is 0 Å². The number of aromatic hydroxyl groups is 1. The lowest BCUT2D eigenvalue weighted by molar-refractivity contribution is 0.0209. The van der Waals surface area contributed by atoms with Crippen LogP contribution in [-0.4, -0.2) is 91.3 Å². The fourth-order valence-corrected chi connectivity index (χ4v) is 3.88. The summed E-state index contributed by atoms with van der Waals surface area (Å²) in [6, 6.07) is 6.78. The van der Waals surface area contributed by atoms with Gasteiger partial charge in [-0.2, -0.15) is 4.98 Å². The molecule has 1 aromatic carbocycles. The summed E-state index contributed by atoms with van der Waals surface area (Å²) in [6.45, 7) is 2.86. The Morgan fingerprint density at radius 3 is 2.88 bits per heavy atom. The van der Waals surface area contributed by atoms with Crippen LogP contribution in [0.25, 0.3) is 0 Å². The minimum absolute atomic E-state index is 0.0714. The normalized spacial score (nSPS) is 18.5. The van der Waals surface area contributed by atoms with Crippen molar-refractivity contribution in [2.45, 2.75) is 31.2 Å². The first-order valence-corrected chi connectivity index (χ1v) is 11.4. The number of amides is 1. The molecule has 11 nitrogen and oxygen atoms in total. The maximum absolute atomic E-state index is 12.9. The molecule has 0 radical (unpaired) electrons. The molecule has 2 aliphatic rings. The number of phenols is 1. The highest BCUT2D eigenvalue weighted by Gasteiger charge is 2.26. The minimum atomic E-state index is -0.790. The van der Waals surface area contributed by atoms with Crippen molar-refractivity contribution < 1.29 is 24.5 Å². The molecule has 0 bridgehead atoms. The second kappa shape index (κ2) is 11.0. The molecule has 2 aliphatic heterocycles. The van der Waals surface area contributed by atoms with Crippen LogP contribution in [0.2, 0.25) is 0 Å². The molecule has 1 unspecified atom stereocenters. The van der Waals surface area contributed by atoms with Crippen LogP contribution in [0.4, 0.5) is 11.8 Å². The number of carbonyl (C=O) groups is 1. The summed E-state index contributed by atoms with van der Waals surface area (Å²) in [5.74, 6) is 0.781. The molecule has 184 valence electrons. The van der Waals surface area contributed by atoms with E-state index in [0.29, 0.717) is 51.1 Å². The van der Waals surface area contributed by atoms with Gasteiger partial charge in [0.25, 0.3) is 5.91 Å². The first kappa shape index (κ1) is 24.1. The van der Waals surface area contributed by atoms with Crippen molar-refractivity contribution >= 4 is 17.7 Å². The molecule has 2 aromatic rings. The molecule has 0 spiro atoms. The monoisotopic (exact) mass is 472 g/mol. The summed E-state index contributed by atoms with van der Waals surface area (Å²) >= 11 is 0. The molecular weight excluding hydrogens is 440 g/mol. The highest BCUT2D eigenvalue weighted by Crippen LogP contribution is 2.22. The van der Waals surface area contributed by atoms with E-state index in [1.807, 2.05) is 18.0 Å². The van der Waals surface area contributed by atoms with Crippen LogP contribution in [0.5, 0.6) is 5.75 Å². The number of hydrogen-bond donors (Lipinski definition) is 5. The van der Waals surface area contributed by atoms with E-state index in [4.69, 9.17) is 9.47 Å². The molecule has 4 rings (SSSR count). The van der Waals surface area contributed by atoms with Gasteiger partial charge < -0.3 is 40.5 Å². The summed E-state index contributed by atoms with van der Waals surface area (Å²) in [5.41, 5.74) is 2.29. The lowest BCUT2D eigenvalue weighted by Gasteiger charge is -2.30. The lowest BCUT2D eigenvalue weighted by atomic mass is 9.92. The van der Waals surface area contributed by atoms with Gasteiger partial charge in [-0.05, 0) is 29.7 Å². The average Bonchev–Trinajstić information content (AvgIpc) is 2.82. The van der Waals surface area contributed by atoms with Gasteiger partial charge in [-0.25, -0.2) is 4.98 Å². The second-order valence-corrected chi connectivity index (χ2v) is 8.65. The zero-order valence-corrected chi connectivity index (χ0v) is 19.5. The van der Waals surface area contributed by atoms with Crippen molar-refractivity contribution in [3.05, 3.63) is 41.1 Å². The molecule has 1 amide bonds. The first-order valence-electron chi connectivity index (χ1n) is 11.4. The van der Waals surface area contributed by atoms with Crippen LogP contribution in [-0.2, 0) is 22.4 Å². The summed E-state index contributed by atoms with van der Waals surface area (Å²) in [7, 11) is 3.46. The Hall–Kier alpha value is -2.99. The van der Waals surface area contributed by atoms with Crippen LogP contribution in [0.15, 0.2) is 24.3 Å². The number of rotatable bonds is 10. The minimum Gasteiger partial charge on any atom is -0.508 e. The predicted octanol–water partition coefficient (Wildman–Crippen LogP) is -0.119. The molecule has 1 fully saturated rings. The number of aliphatic hydroxyl groups is 1. The topological polar surface area (TPSA) is 141 Å². The van der Waals surface area contributed by atoms with Crippen LogP contribution in [0.3, 0.4) is 0 Å². The standard InChI is InChI=1S/C23H32N6O5/c1-29(5-6-33-2)23-27-19(9-21(28-23)26-16-12-34-13-16)22(32)25-11-20(31)18-8-14-3-4-17(30)7-15(14)10-24-18/h3-4,7,9,16,18,20,24,30-31H,5-6,8,10-13H2,1-2H3,(H,25,32)(H,26,27,28)/t18-,20?/m0/s1. The third kappa shape index (κ3) is 5.92. The molecule has 2 atom stereocenters. The highest BCUT2D eigenvalue weighted by atomic mass is 16.5. The van der Waals surface area contributed by atoms with E-state index in [1.54, 1.807) is 25.3 Å². The largest absolute Gasteiger partial charge is 0.508 e. The van der Waals surface area contributed by atoms with Gasteiger partial charge in [-0.3, -0.25) is 4.79 Å². The smallest absolute Gasteiger partial charge is 0.270 e. The number of anilines is 2. The third-order valence-electron chi connectivity index (χ3n) is 6.03. The van der Waals surface area contributed by atoms with Gasteiger partial charge in [0.05, 0.1) is 32.0 Å². The van der Waals surface area contributed by atoms with E-state index in [1.165, 1.54) is 0 Å². The van der Waals surface area contributed by atoms with E-state index < -0.39 is 12.0 Å². The summed E-state index contributed by atoms with van der Waals surface area (Å²) in [5, 5.41) is 29.7. The number of carbonyl (C=O) groups excluding carboxylic acids is 1. The number of nitrogens with one attached hydrogen (secondary N) is 3. The number of likely N-dealkylation sites (N-methyl/N-ethyl adjacent to an activating group) is 1. The molecule has 3 heterocycles. The van der Waals surface area contributed by atoms with Gasteiger partial charge in [-0.1, -0.05) is 6.07 Å². The number of nitrogens with zero attached hydrogens (tertiary/aromatic N) is 3. The van der Waals surface area contributed by atoms with Gasteiger partial charge in [0.1, 0.15) is 17.3 Å². The second-order valence-electron chi connectivity index (χ2n) is 8.65. The van der Waals surface area contributed by atoms with Crippen molar-refractivity contribution in [2.24, 2.45) is 0 Å². The Bertz CT molecular complexity index is 1000. The van der Waals surface area contributed by atoms with E-state index >= 15 is 0 Å². The number of aliphatic hydroxyl groups excluding tert-OH is 1. The Kier molecular flexibility index (Phi) is 7.78. The Balaban J connectivity index is 1.40. The molecule has 1 aromatic heterocycles. The third-order valence-corrected chi connectivity index (χ3v) is 6.03. The van der Waals surface area contributed by atoms with Gasteiger partial charge in [0.15, 0.2) is 0 Å². The maximum atomic E-state index is 12.9. The van der Waals surface area contributed by atoms with Crippen LogP contribution >= 0.6 is 0 Å². The highest BCUT2D eigenvalue weighted by molar-refractivity contribution is 5.93. The van der Waals surface area contributed by atoms with Crippen molar-refractivity contribution in [3.63, 3.8) is 0 Å². The Morgan fingerprint density at radius 1 is 1.32 bits per heavy atom. The number of methoxy groups -OCH3 is 1. The fourth-order valence-electron chi connectivity index (χ4n) is 3.88. The molecule has 0 aliphatic carbocycles. The predicted molar refractivity (Wildman–Crippen MR) is 126 cm³/mol. The number of ether oxygens (including phenoxy) is 2. The Labute approximate surface area is 198 Å². The van der Waals surface area contributed by atoms with Crippen LogP contribution in [0.1, 0.15) is 21.6 Å². The molecule has 0 saturated carbocycles. The molecule has 1 saturated heterocycles. The first-order chi connectivity index (χ1) is 16.4. The van der Waals surface area contributed by atoms with Crippen molar-refractivity contribution in [3.8, 4) is 5.75 Å². The Morgan fingerprint density at radius 2 is 2.15 bits per heavy atom. The van der Waals surface area contributed by atoms with Gasteiger partial charge in [-0.15, -0.1) is 0 Å². The van der Waals surface area contributed by atoms with Gasteiger partial charge in [0.2, 0.25) is 5.95 Å². The molecule has 34 heavy (non-hydrogen) atoms. The fraction of sp³-hybridized carbons (Fsp3) is 0.522. The molecular formula is C23H32N6O5. The number of benzene rings is 1. The zero-order valence-electron chi connectivity index (χ0n) is 19.5. The van der Waals surface area contributed by atoms with E-state index in [9.17, 15) is 15.0 Å². The average molecular weight is 473 g/mol. The van der Waals surface area contributed by atoms with Crippen molar-refractivity contribution in [2.75, 3.05) is 57.3 Å². The van der Waals surface area contributed by atoms with Crippen LogP contribution < -0.4 is 20.9 Å². The molecule has 5 N–H and O–H groups in total. The van der Waals surface area contributed by atoms with Gasteiger partial charge in [0, 0.05) is 45.9 Å². The summed E-state index contributed by atoms with van der Waals surface area (Å²) < 4.78 is 10.3. The van der Waals surface area contributed by atoms with Crippen molar-refractivity contribution in [1.82, 2.24) is 20.6 Å². The quantitative estimate of drug-likeness (QED) is 0.318. The lowest BCUT2D eigenvalue weighted by Crippen LogP contribution is -2.49. The number of phenolic OH excluding ortho intramolecular Hbond substituents is 1. The van der Waals surface area contributed by atoms with E-state index in [2.05, 4.69) is 25.9 Å². The van der Waals surface area contributed by atoms with E-state index in [0.717, 1.165) is 11.1 Å². The van der Waals surface area contributed by atoms with Gasteiger partial charge >= 0.3 is 0 Å².